The highest BCUT2D eigenvalue weighted by Gasteiger charge is 2.03. The van der Waals surface area contributed by atoms with Crippen LogP contribution >= 0.6 is 0 Å². The molecule has 0 bridgehead atoms. The summed E-state index contributed by atoms with van der Waals surface area (Å²) in [6.07, 6.45) is 3.01. The molecule has 0 aromatic heterocycles. The van der Waals surface area contributed by atoms with Crippen molar-refractivity contribution in [1.29, 1.82) is 0 Å². The Balaban J connectivity index is 2.09. The molecule has 1 atom stereocenters. The molecular formula is C14H19NO3. The topological polar surface area (TPSA) is 55.4 Å². The predicted octanol–water partition coefficient (Wildman–Crippen LogP) is 3.24. The molecule has 1 N–H and O–H groups in total. The van der Waals surface area contributed by atoms with Crippen LogP contribution in [0.15, 0.2) is 30.3 Å². The van der Waals surface area contributed by atoms with Gasteiger partial charge in [0.1, 0.15) is 6.29 Å². The maximum absolute atomic E-state index is 11.4. The Morgan fingerprint density at radius 1 is 1.33 bits per heavy atom. The van der Waals surface area contributed by atoms with Gasteiger partial charge in [0, 0.05) is 11.6 Å². The molecule has 4 heteroatoms. The van der Waals surface area contributed by atoms with Crippen molar-refractivity contribution in [3.63, 3.8) is 0 Å². The molecule has 1 rings (SSSR count). The number of hydrogen-bond acceptors (Lipinski definition) is 3. The molecule has 0 saturated carbocycles. The van der Waals surface area contributed by atoms with Crippen molar-refractivity contribution < 1.29 is 14.3 Å². The first-order valence-electron chi connectivity index (χ1n) is 6.16. The van der Waals surface area contributed by atoms with E-state index >= 15 is 0 Å². The van der Waals surface area contributed by atoms with Crippen molar-refractivity contribution in [2.24, 2.45) is 5.92 Å². The number of amides is 1. The third kappa shape index (κ3) is 6.03. The zero-order chi connectivity index (χ0) is 13.2. The summed E-state index contributed by atoms with van der Waals surface area (Å²) in [7, 11) is 0. The highest BCUT2D eigenvalue weighted by atomic mass is 16.5. The Kier molecular flexibility index (Phi) is 6.54. The summed E-state index contributed by atoms with van der Waals surface area (Å²) in [5.74, 6) is 0.0862. The summed E-state index contributed by atoms with van der Waals surface area (Å²) in [5.41, 5.74) is 0.720. The predicted molar refractivity (Wildman–Crippen MR) is 70.5 cm³/mol. The zero-order valence-electron chi connectivity index (χ0n) is 10.6. The van der Waals surface area contributed by atoms with Crippen LogP contribution in [-0.2, 0) is 9.53 Å². The minimum atomic E-state index is -0.440. The number of benzene rings is 1. The molecule has 1 aromatic carbocycles. The molecule has 98 valence electrons. The average Bonchev–Trinajstić information content (AvgIpc) is 2.39. The van der Waals surface area contributed by atoms with Gasteiger partial charge in [-0.1, -0.05) is 25.1 Å². The molecule has 0 radical (unpaired) electrons. The fourth-order valence-corrected chi connectivity index (χ4v) is 1.48. The third-order valence-electron chi connectivity index (χ3n) is 2.54. The van der Waals surface area contributed by atoms with Gasteiger partial charge in [-0.05, 0) is 31.4 Å². The van der Waals surface area contributed by atoms with Gasteiger partial charge in [0.05, 0.1) is 6.61 Å². The Morgan fingerprint density at radius 2 is 2.06 bits per heavy atom. The maximum Gasteiger partial charge on any atom is 0.411 e. The van der Waals surface area contributed by atoms with Gasteiger partial charge in [-0.15, -0.1) is 0 Å². The smallest absolute Gasteiger partial charge is 0.411 e. The third-order valence-corrected chi connectivity index (χ3v) is 2.54. The number of hydrogen-bond donors (Lipinski definition) is 1. The van der Waals surface area contributed by atoms with E-state index in [9.17, 15) is 9.59 Å². The van der Waals surface area contributed by atoms with Crippen LogP contribution in [0.25, 0.3) is 0 Å². The van der Waals surface area contributed by atoms with E-state index in [0.717, 1.165) is 31.2 Å². The van der Waals surface area contributed by atoms with Crippen LogP contribution in [0.4, 0.5) is 10.5 Å². The van der Waals surface area contributed by atoms with E-state index in [4.69, 9.17) is 4.74 Å². The molecule has 0 spiro atoms. The van der Waals surface area contributed by atoms with E-state index < -0.39 is 6.09 Å². The van der Waals surface area contributed by atoms with E-state index in [1.807, 2.05) is 25.1 Å². The summed E-state index contributed by atoms with van der Waals surface area (Å²) >= 11 is 0. The highest BCUT2D eigenvalue weighted by Crippen LogP contribution is 2.07. The second-order valence-electron chi connectivity index (χ2n) is 4.24. The lowest BCUT2D eigenvalue weighted by atomic mass is 10.1. The van der Waals surface area contributed by atoms with Crippen molar-refractivity contribution >= 4 is 18.1 Å². The lowest BCUT2D eigenvalue weighted by Gasteiger charge is -2.07. The second-order valence-corrected chi connectivity index (χ2v) is 4.24. The zero-order valence-corrected chi connectivity index (χ0v) is 10.6. The lowest BCUT2D eigenvalue weighted by Crippen LogP contribution is -2.14. The first-order chi connectivity index (χ1) is 8.72. The largest absolute Gasteiger partial charge is 0.449 e. The number of carbonyl (C=O) groups is 2. The number of para-hydroxylation sites is 1. The van der Waals surface area contributed by atoms with Gasteiger partial charge < -0.3 is 9.53 Å². The Labute approximate surface area is 107 Å². The van der Waals surface area contributed by atoms with Crippen molar-refractivity contribution in [2.75, 3.05) is 11.9 Å². The molecule has 4 nitrogen and oxygen atoms in total. The summed E-state index contributed by atoms with van der Waals surface area (Å²) in [4.78, 5) is 21.8. The van der Waals surface area contributed by atoms with Crippen LogP contribution in [0, 0.1) is 5.92 Å². The summed E-state index contributed by atoms with van der Waals surface area (Å²) in [5, 5.41) is 2.64. The normalized spacial score (nSPS) is 11.6. The highest BCUT2D eigenvalue weighted by molar-refractivity contribution is 5.84. The van der Waals surface area contributed by atoms with E-state index in [2.05, 4.69) is 5.32 Å². The molecule has 0 fully saturated rings. The molecule has 0 heterocycles. The van der Waals surface area contributed by atoms with Crippen LogP contribution in [0.1, 0.15) is 26.2 Å². The number of nitrogens with one attached hydrogen (secondary N) is 1. The maximum atomic E-state index is 11.4. The molecule has 0 aliphatic carbocycles. The molecule has 1 amide bonds. The Hall–Kier alpha value is -1.84. The Morgan fingerprint density at radius 3 is 2.72 bits per heavy atom. The second kappa shape index (κ2) is 8.28. The number of carbonyl (C=O) groups excluding carboxylic acids is 2. The van der Waals surface area contributed by atoms with Crippen molar-refractivity contribution in [3.05, 3.63) is 30.3 Å². The quantitative estimate of drug-likeness (QED) is 0.596. The fraction of sp³-hybridized carbons (Fsp3) is 0.429. The number of rotatable bonds is 7. The average molecular weight is 249 g/mol. The standard InChI is InChI=1S/C14H19NO3/c1-12(11-16)7-5-6-10-18-14(17)15-13-8-3-2-4-9-13/h2-4,8-9,11-12H,5-7,10H2,1H3,(H,15,17). The summed E-state index contributed by atoms with van der Waals surface area (Å²) in [6.45, 7) is 2.26. The van der Waals surface area contributed by atoms with Crippen LogP contribution in [0.2, 0.25) is 0 Å². The van der Waals surface area contributed by atoms with Crippen LogP contribution < -0.4 is 5.32 Å². The van der Waals surface area contributed by atoms with Gasteiger partial charge in [0.25, 0.3) is 0 Å². The first kappa shape index (κ1) is 14.2. The number of unbranched alkanes of at least 4 members (excludes halogenated alkanes) is 1. The molecule has 0 aliphatic heterocycles. The van der Waals surface area contributed by atoms with Crippen molar-refractivity contribution in [1.82, 2.24) is 0 Å². The van der Waals surface area contributed by atoms with Crippen LogP contribution in [0.5, 0.6) is 0 Å². The number of ether oxygens (including phenoxy) is 1. The Bertz CT molecular complexity index is 365. The first-order valence-corrected chi connectivity index (χ1v) is 6.16. The van der Waals surface area contributed by atoms with E-state index in [1.54, 1.807) is 12.1 Å². The molecule has 0 saturated heterocycles. The van der Waals surface area contributed by atoms with Crippen molar-refractivity contribution in [3.8, 4) is 0 Å². The van der Waals surface area contributed by atoms with Gasteiger partial charge in [-0.2, -0.15) is 0 Å². The molecule has 18 heavy (non-hydrogen) atoms. The van der Waals surface area contributed by atoms with Crippen molar-refractivity contribution in [2.45, 2.75) is 26.2 Å². The summed E-state index contributed by atoms with van der Waals surface area (Å²) < 4.78 is 5.02. The minimum absolute atomic E-state index is 0.0862. The van der Waals surface area contributed by atoms with E-state index in [0.29, 0.717) is 6.61 Å². The summed E-state index contributed by atoms with van der Waals surface area (Å²) in [6, 6.07) is 9.16. The SMILES string of the molecule is CC(C=O)CCCCOC(=O)Nc1ccccc1. The molecule has 1 aromatic rings. The number of aldehydes is 1. The van der Waals surface area contributed by atoms with E-state index in [-0.39, 0.29) is 5.92 Å². The van der Waals surface area contributed by atoms with Gasteiger partial charge in [0.15, 0.2) is 0 Å². The molecular weight excluding hydrogens is 230 g/mol. The van der Waals surface area contributed by atoms with Gasteiger partial charge in [0.2, 0.25) is 0 Å². The molecule has 1 unspecified atom stereocenters. The van der Waals surface area contributed by atoms with Crippen LogP contribution in [-0.4, -0.2) is 19.0 Å². The number of anilines is 1. The minimum Gasteiger partial charge on any atom is -0.449 e. The van der Waals surface area contributed by atoms with Crippen LogP contribution in [0.3, 0.4) is 0 Å². The van der Waals surface area contributed by atoms with Gasteiger partial charge >= 0.3 is 6.09 Å². The fourth-order valence-electron chi connectivity index (χ4n) is 1.48. The molecule has 0 aliphatic rings. The van der Waals surface area contributed by atoms with E-state index in [1.165, 1.54) is 0 Å². The van der Waals surface area contributed by atoms with Gasteiger partial charge in [-0.25, -0.2) is 4.79 Å². The monoisotopic (exact) mass is 249 g/mol. The van der Waals surface area contributed by atoms with Gasteiger partial charge in [-0.3, -0.25) is 5.32 Å². The lowest BCUT2D eigenvalue weighted by molar-refractivity contribution is -0.110.